The predicted molar refractivity (Wildman–Crippen MR) is 131 cm³/mol. The van der Waals surface area contributed by atoms with Crippen molar-refractivity contribution in [3.63, 3.8) is 0 Å². The summed E-state index contributed by atoms with van der Waals surface area (Å²) in [6.45, 7) is 5.93. The number of nitrogens with zero attached hydrogens (tertiary/aromatic N) is 2. The Morgan fingerprint density at radius 1 is 1.06 bits per heavy atom. The molecule has 0 fully saturated rings. The number of nitrogens with one attached hydrogen (secondary N) is 2. The molecular weight excluding hydrogens is 412 g/mol. The first-order valence-electron chi connectivity index (χ1n) is 10.6. The second kappa shape index (κ2) is 9.41. The number of hydrogen-bond acceptors (Lipinski definition) is 4. The molecule has 0 aliphatic carbocycles. The molecule has 0 spiro atoms. The minimum atomic E-state index is -0.226. The van der Waals surface area contributed by atoms with Crippen molar-refractivity contribution in [3.05, 3.63) is 88.7 Å². The largest absolute Gasteiger partial charge is 0.484 e. The Labute approximate surface area is 192 Å². The van der Waals surface area contributed by atoms with Crippen LogP contribution in [0.4, 0.5) is 5.69 Å². The number of anilines is 1. The van der Waals surface area contributed by atoms with Gasteiger partial charge in [0.25, 0.3) is 5.91 Å². The molecule has 4 rings (SSSR count). The van der Waals surface area contributed by atoms with Gasteiger partial charge in [0, 0.05) is 5.69 Å². The number of aromatic amines is 1. The van der Waals surface area contributed by atoms with Gasteiger partial charge in [-0.05, 0) is 79.4 Å². The second-order valence-electron chi connectivity index (χ2n) is 7.93. The van der Waals surface area contributed by atoms with Crippen molar-refractivity contribution in [3.8, 4) is 11.8 Å². The smallest absolute Gasteiger partial charge is 0.262 e. The van der Waals surface area contributed by atoms with Gasteiger partial charge in [-0.2, -0.15) is 5.26 Å². The number of aromatic nitrogens is 2. The number of carbonyl (C=O) groups excluding carboxylic acids is 1. The minimum Gasteiger partial charge on any atom is -0.484 e. The zero-order valence-corrected chi connectivity index (χ0v) is 18.8. The number of allylic oxidation sites excluding steroid dienone is 1. The fraction of sp³-hybridized carbons (Fsp3) is 0.148. The number of fused-ring (bicyclic) bond motifs is 1. The normalized spacial score (nSPS) is 11.3. The summed E-state index contributed by atoms with van der Waals surface area (Å²) in [4.78, 5) is 20.0. The van der Waals surface area contributed by atoms with Crippen LogP contribution in [0.25, 0.3) is 22.7 Å². The van der Waals surface area contributed by atoms with Crippen molar-refractivity contribution >= 4 is 34.3 Å². The van der Waals surface area contributed by atoms with Gasteiger partial charge in [0.05, 0.1) is 16.6 Å². The Kier molecular flexibility index (Phi) is 6.23. The fourth-order valence-electron chi connectivity index (χ4n) is 3.43. The van der Waals surface area contributed by atoms with Crippen LogP contribution in [0.2, 0.25) is 0 Å². The highest BCUT2D eigenvalue weighted by atomic mass is 16.5. The molecular formula is C27H24N4O2. The number of para-hydroxylation sites is 1. The fourth-order valence-corrected chi connectivity index (χ4v) is 3.43. The van der Waals surface area contributed by atoms with E-state index in [1.165, 1.54) is 5.56 Å². The lowest BCUT2D eigenvalue weighted by Gasteiger charge is -2.09. The molecule has 0 atom stereocenters. The van der Waals surface area contributed by atoms with Crippen LogP contribution in [-0.2, 0) is 4.79 Å². The maximum absolute atomic E-state index is 12.2. The highest BCUT2D eigenvalue weighted by Gasteiger charge is 2.10. The number of amides is 1. The van der Waals surface area contributed by atoms with Crippen LogP contribution in [0.1, 0.15) is 28.1 Å². The summed E-state index contributed by atoms with van der Waals surface area (Å²) in [7, 11) is 0. The topological polar surface area (TPSA) is 90.8 Å². The summed E-state index contributed by atoms with van der Waals surface area (Å²) in [5.41, 5.74) is 7.10. The minimum absolute atomic E-state index is 0.0925. The van der Waals surface area contributed by atoms with Crippen LogP contribution < -0.4 is 10.1 Å². The number of ether oxygens (including phenoxy) is 1. The van der Waals surface area contributed by atoms with Crippen LogP contribution in [0.15, 0.2) is 60.7 Å². The predicted octanol–water partition coefficient (Wildman–Crippen LogP) is 5.57. The third-order valence-corrected chi connectivity index (χ3v) is 5.45. The van der Waals surface area contributed by atoms with Gasteiger partial charge in [0.15, 0.2) is 6.61 Å². The standard InChI is InChI=1S/C27H24N4O2/c1-17-6-4-5-7-23(17)29-26(32)16-33-22-10-8-20(9-11-22)14-21(15-28)27-30-24-12-18(2)19(3)13-25(24)31-27/h4-14H,16H2,1-3H3,(H,29,32)(H,30,31)/b21-14-. The Morgan fingerprint density at radius 3 is 2.52 bits per heavy atom. The molecule has 6 heteroatoms. The molecule has 164 valence electrons. The van der Waals surface area contributed by atoms with Gasteiger partial charge in [0.2, 0.25) is 0 Å². The molecule has 0 bridgehead atoms. The lowest BCUT2D eigenvalue weighted by Crippen LogP contribution is -2.20. The number of imidazole rings is 1. The summed E-state index contributed by atoms with van der Waals surface area (Å²) in [5, 5.41) is 12.5. The lowest BCUT2D eigenvalue weighted by atomic mass is 10.1. The third-order valence-electron chi connectivity index (χ3n) is 5.45. The first-order chi connectivity index (χ1) is 15.9. The van der Waals surface area contributed by atoms with E-state index in [2.05, 4.69) is 21.4 Å². The average Bonchev–Trinajstić information content (AvgIpc) is 3.21. The third kappa shape index (κ3) is 5.10. The SMILES string of the molecule is Cc1cc2nc(/C(C#N)=C\c3ccc(OCC(=O)Nc4ccccc4C)cc3)[nH]c2cc1C. The Morgan fingerprint density at radius 2 is 1.79 bits per heavy atom. The number of rotatable bonds is 6. The molecule has 0 aliphatic rings. The number of nitriles is 1. The maximum Gasteiger partial charge on any atom is 0.262 e. The van der Waals surface area contributed by atoms with Crippen molar-refractivity contribution < 1.29 is 9.53 Å². The molecule has 0 aliphatic heterocycles. The monoisotopic (exact) mass is 436 g/mol. The number of hydrogen-bond donors (Lipinski definition) is 2. The van der Waals surface area contributed by atoms with Gasteiger partial charge in [0.1, 0.15) is 17.6 Å². The van der Waals surface area contributed by atoms with E-state index in [1.807, 2.05) is 69.3 Å². The molecule has 6 nitrogen and oxygen atoms in total. The number of carbonyl (C=O) groups is 1. The summed E-state index contributed by atoms with van der Waals surface area (Å²) in [6, 6.07) is 21.1. The highest BCUT2D eigenvalue weighted by Crippen LogP contribution is 2.23. The van der Waals surface area contributed by atoms with Crippen molar-refractivity contribution in [2.75, 3.05) is 11.9 Å². The molecule has 0 saturated carbocycles. The van der Waals surface area contributed by atoms with E-state index in [0.717, 1.165) is 33.4 Å². The van der Waals surface area contributed by atoms with Crippen molar-refractivity contribution in [2.45, 2.75) is 20.8 Å². The molecule has 0 radical (unpaired) electrons. The van der Waals surface area contributed by atoms with E-state index in [9.17, 15) is 10.1 Å². The number of H-pyrrole nitrogens is 1. The van der Waals surface area contributed by atoms with Gasteiger partial charge in [-0.25, -0.2) is 4.98 Å². The van der Waals surface area contributed by atoms with Gasteiger partial charge in [-0.15, -0.1) is 0 Å². The zero-order chi connectivity index (χ0) is 23.4. The summed E-state index contributed by atoms with van der Waals surface area (Å²) in [6.07, 6.45) is 1.77. The first kappa shape index (κ1) is 21.8. The van der Waals surface area contributed by atoms with Crippen LogP contribution in [-0.4, -0.2) is 22.5 Å². The molecule has 0 saturated heterocycles. The molecule has 1 aromatic heterocycles. The van der Waals surface area contributed by atoms with Gasteiger partial charge in [-0.3, -0.25) is 4.79 Å². The Hall–Kier alpha value is -4.37. The highest BCUT2D eigenvalue weighted by molar-refractivity contribution is 5.93. The van der Waals surface area contributed by atoms with Crippen LogP contribution in [0, 0.1) is 32.1 Å². The van der Waals surface area contributed by atoms with Crippen molar-refractivity contribution in [1.29, 1.82) is 5.26 Å². The summed E-state index contributed by atoms with van der Waals surface area (Å²) < 4.78 is 5.60. The molecule has 1 amide bonds. The molecule has 33 heavy (non-hydrogen) atoms. The quantitative estimate of drug-likeness (QED) is 0.387. The van der Waals surface area contributed by atoms with Gasteiger partial charge >= 0.3 is 0 Å². The van der Waals surface area contributed by atoms with Crippen LogP contribution in [0.5, 0.6) is 5.75 Å². The Balaban J connectivity index is 1.43. The number of benzene rings is 3. The molecule has 4 aromatic rings. The van der Waals surface area contributed by atoms with E-state index in [4.69, 9.17) is 4.74 Å². The second-order valence-corrected chi connectivity index (χ2v) is 7.93. The van der Waals surface area contributed by atoms with Crippen molar-refractivity contribution in [2.24, 2.45) is 0 Å². The van der Waals surface area contributed by atoms with E-state index < -0.39 is 0 Å². The first-order valence-corrected chi connectivity index (χ1v) is 10.6. The van der Waals surface area contributed by atoms with Crippen LogP contribution in [0.3, 0.4) is 0 Å². The molecule has 1 heterocycles. The average molecular weight is 437 g/mol. The zero-order valence-electron chi connectivity index (χ0n) is 18.8. The van der Waals surface area contributed by atoms with E-state index >= 15 is 0 Å². The summed E-state index contributed by atoms with van der Waals surface area (Å²) >= 11 is 0. The molecule has 3 aromatic carbocycles. The number of aryl methyl sites for hydroxylation is 3. The lowest BCUT2D eigenvalue weighted by molar-refractivity contribution is -0.118. The van der Waals surface area contributed by atoms with E-state index in [-0.39, 0.29) is 12.5 Å². The summed E-state index contributed by atoms with van der Waals surface area (Å²) in [5.74, 6) is 0.876. The molecule has 2 N–H and O–H groups in total. The van der Waals surface area contributed by atoms with Gasteiger partial charge < -0.3 is 15.0 Å². The van der Waals surface area contributed by atoms with E-state index in [0.29, 0.717) is 17.1 Å². The molecule has 0 unspecified atom stereocenters. The maximum atomic E-state index is 12.2. The van der Waals surface area contributed by atoms with Crippen LogP contribution >= 0.6 is 0 Å². The van der Waals surface area contributed by atoms with E-state index in [1.54, 1.807) is 18.2 Å². The van der Waals surface area contributed by atoms with Crippen molar-refractivity contribution in [1.82, 2.24) is 9.97 Å². The Bertz CT molecular complexity index is 1350. The van der Waals surface area contributed by atoms with Gasteiger partial charge in [-0.1, -0.05) is 30.3 Å².